The Kier molecular flexibility index (Phi) is 4.76. The summed E-state index contributed by atoms with van der Waals surface area (Å²) in [7, 11) is 0. The third kappa shape index (κ3) is 3.72. The highest BCUT2D eigenvalue weighted by Gasteiger charge is 2.33. The van der Waals surface area contributed by atoms with Gasteiger partial charge in [0.1, 0.15) is 0 Å². The minimum atomic E-state index is -4.90. The minimum absolute atomic E-state index is 0.0967. The predicted molar refractivity (Wildman–Crippen MR) is 74.4 cm³/mol. The van der Waals surface area contributed by atoms with Gasteiger partial charge in [-0.05, 0) is 45.7 Å². The maximum atomic E-state index is 13.8. The van der Waals surface area contributed by atoms with Crippen molar-refractivity contribution in [3.05, 3.63) is 62.4 Å². The predicted octanol–water partition coefficient (Wildman–Crippen LogP) is 6.48. The Morgan fingerprint density at radius 3 is 2.22 bits per heavy atom. The lowest BCUT2D eigenvalue weighted by molar-refractivity contribution is -0.138. The average Bonchev–Trinajstić information content (AvgIpc) is 2.44. The molecule has 0 spiro atoms. The first kappa shape index (κ1) is 17.0. The fourth-order valence-corrected chi connectivity index (χ4v) is 2.09. The molecular formula is C13H5BrF5N3O. The molecule has 0 unspecified atom stereocenters. The van der Waals surface area contributed by atoms with Gasteiger partial charge in [-0.3, -0.25) is 0 Å². The van der Waals surface area contributed by atoms with Crippen molar-refractivity contribution in [3.8, 4) is 11.5 Å². The van der Waals surface area contributed by atoms with Crippen molar-refractivity contribution in [2.75, 3.05) is 0 Å². The van der Waals surface area contributed by atoms with Crippen molar-refractivity contribution in [2.24, 2.45) is 5.11 Å². The van der Waals surface area contributed by atoms with E-state index in [9.17, 15) is 22.0 Å². The van der Waals surface area contributed by atoms with E-state index in [1.165, 1.54) is 18.2 Å². The van der Waals surface area contributed by atoms with Gasteiger partial charge in [0.05, 0.1) is 15.7 Å². The van der Waals surface area contributed by atoms with E-state index in [0.717, 1.165) is 0 Å². The summed E-state index contributed by atoms with van der Waals surface area (Å²) in [5.41, 5.74) is 6.87. The molecule has 0 saturated heterocycles. The van der Waals surface area contributed by atoms with Crippen molar-refractivity contribution in [1.29, 1.82) is 0 Å². The van der Waals surface area contributed by atoms with E-state index in [-0.39, 0.29) is 28.0 Å². The molecule has 0 bridgehead atoms. The second-order valence-corrected chi connectivity index (χ2v) is 5.00. The molecule has 0 aliphatic heterocycles. The van der Waals surface area contributed by atoms with Gasteiger partial charge in [0, 0.05) is 4.91 Å². The molecule has 0 heterocycles. The number of halogens is 6. The first-order chi connectivity index (χ1) is 10.7. The second kappa shape index (κ2) is 6.43. The third-order valence-electron chi connectivity index (χ3n) is 2.63. The zero-order chi connectivity index (χ0) is 17.2. The molecule has 0 aromatic heterocycles. The van der Waals surface area contributed by atoms with Gasteiger partial charge in [0.2, 0.25) is 0 Å². The maximum absolute atomic E-state index is 13.8. The molecule has 0 saturated carbocycles. The fourth-order valence-electron chi connectivity index (χ4n) is 1.65. The van der Waals surface area contributed by atoms with E-state index in [0.29, 0.717) is 0 Å². The van der Waals surface area contributed by atoms with Crippen molar-refractivity contribution >= 4 is 21.6 Å². The van der Waals surface area contributed by atoms with Crippen molar-refractivity contribution in [3.63, 3.8) is 0 Å². The lowest BCUT2D eigenvalue weighted by Crippen LogP contribution is -2.07. The Balaban J connectivity index is 2.52. The summed E-state index contributed by atoms with van der Waals surface area (Å²) in [5, 5.41) is 3.28. The number of hydrogen-bond acceptors (Lipinski definition) is 2. The Morgan fingerprint density at radius 2 is 1.70 bits per heavy atom. The minimum Gasteiger partial charge on any atom is -0.449 e. The quantitative estimate of drug-likeness (QED) is 0.254. The van der Waals surface area contributed by atoms with Crippen molar-refractivity contribution in [1.82, 2.24) is 0 Å². The number of rotatable bonds is 3. The van der Waals surface area contributed by atoms with Gasteiger partial charge in [-0.15, -0.1) is 0 Å². The number of benzene rings is 2. The van der Waals surface area contributed by atoms with E-state index in [1.807, 2.05) is 0 Å². The summed E-state index contributed by atoms with van der Waals surface area (Å²) < 4.78 is 70.3. The summed E-state index contributed by atoms with van der Waals surface area (Å²) in [4.78, 5) is 2.53. The highest BCUT2D eigenvalue weighted by atomic mass is 79.9. The van der Waals surface area contributed by atoms with Gasteiger partial charge in [0.15, 0.2) is 23.1 Å². The van der Waals surface area contributed by atoms with Crippen LogP contribution < -0.4 is 4.74 Å². The van der Waals surface area contributed by atoms with Gasteiger partial charge in [-0.1, -0.05) is 11.2 Å². The van der Waals surface area contributed by atoms with E-state index < -0.39 is 29.1 Å². The molecule has 10 heteroatoms. The molecule has 2 rings (SSSR count). The van der Waals surface area contributed by atoms with E-state index >= 15 is 0 Å². The molecule has 0 aliphatic rings. The van der Waals surface area contributed by atoms with E-state index in [2.05, 4.69) is 26.0 Å². The number of nitrogens with zero attached hydrogens (tertiary/aromatic N) is 3. The van der Waals surface area contributed by atoms with Crippen LogP contribution in [0.4, 0.5) is 27.6 Å². The van der Waals surface area contributed by atoms with Gasteiger partial charge in [-0.25, -0.2) is 8.78 Å². The number of para-hydroxylation sites is 1. The number of ether oxygens (including phenoxy) is 1. The smallest absolute Gasteiger partial charge is 0.416 e. The zero-order valence-corrected chi connectivity index (χ0v) is 12.5. The Hall–Kier alpha value is -2.32. The third-order valence-corrected chi connectivity index (χ3v) is 3.25. The highest BCUT2D eigenvalue weighted by molar-refractivity contribution is 9.10. The molecule has 0 fully saturated rings. The van der Waals surface area contributed by atoms with Crippen LogP contribution in [0.15, 0.2) is 39.9 Å². The summed E-state index contributed by atoms with van der Waals surface area (Å²) in [6.45, 7) is 0. The van der Waals surface area contributed by atoms with Crippen LogP contribution in [0.25, 0.3) is 10.4 Å². The van der Waals surface area contributed by atoms with Gasteiger partial charge >= 0.3 is 6.18 Å². The first-order valence-electron chi connectivity index (χ1n) is 5.81. The van der Waals surface area contributed by atoms with Crippen LogP contribution in [-0.2, 0) is 6.18 Å². The number of alkyl halides is 3. The standard InChI is InChI=1S/C13H5BrF5N3O/c14-7-2-1-3-10(21-22-20)11(7)23-12-8(15)4-6(5-9(12)16)13(17,18)19/h1-5H. The molecule has 23 heavy (non-hydrogen) atoms. The molecule has 120 valence electrons. The monoisotopic (exact) mass is 393 g/mol. The summed E-state index contributed by atoms with van der Waals surface area (Å²) >= 11 is 3.04. The lowest BCUT2D eigenvalue weighted by Gasteiger charge is -2.13. The van der Waals surface area contributed by atoms with Crippen LogP contribution >= 0.6 is 15.9 Å². The Labute approximate surface area is 134 Å². The molecule has 2 aromatic rings. The van der Waals surface area contributed by atoms with Crippen LogP contribution in [0.3, 0.4) is 0 Å². The van der Waals surface area contributed by atoms with E-state index in [4.69, 9.17) is 10.3 Å². The van der Waals surface area contributed by atoms with Crippen LogP contribution in [0.5, 0.6) is 11.5 Å². The van der Waals surface area contributed by atoms with Gasteiger partial charge < -0.3 is 4.74 Å². The average molecular weight is 394 g/mol. The van der Waals surface area contributed by atoms with Gasteiger partial charge in [0.25, 0.3) is 0 Å². The van der Waals surface area contributed by atoms with Crippen molar-refractivity contribution < 1.29 is 26.7 Å². The molecule has 0 amide bonds. The van der Waals surface area contributed by atoms with Crippen LogP contribution in [-0.4, -0.2) is 0 Å². The van der Waals surface area contributed by atoms with Crippen LogP contribution in [0, 0.1) is 11.6 Å². The second-order valence-electron chi connectivity index (χ2n) is 4.15. The maximum Gasteiger partial charge on any atom is 0.416 e. The molecule has 2 aromatic carbocycles. The summed E-state index contributed by atoms with van der Waals surface area (Å²) in [6, 6.07) is 4.44. The topological polar surface area (TPSA) is 58.0 Å². The lowest BCUT2D eigenvalue weighted by atomic mass is 10.2. The number of azide groups is 1. The molecule has 0 N–H and O–H groups in total. The van der Waals surface area contributed by atoms with Crippen molar-refractivity contribution in [2.45, 2.75) is 6.18 Å². The first-order valence-corrected chi connectivity index (χ1v) is 6.61. The molecule has 0 atom stereocenters. The SMILES string of the molecule is [N-]=[N+]=Nc1cccc(Br)c1Oc1c(F)cc(C(F)(F)F)cc1F. The highest BCUT2D eigenvalue weighted by Crippen LogP contribution is 2.41. The normalized spacial score (nSPS) is 11.0. The Bertz CT molecular complexity index is 780. The molecule has 4 nitrogen and oxygen atoms in total. The summed E-state index contributed by atoms with van der Waals surface area (Å²) in [6.07, 6.45) is -4.90. The fraction of sp³-hybridized carbons (Fsp3) is 0.0769. The van der Waals surface area contributed by atoms with Crippen LogP contribution in [0.1, 0.15) is 5.56 Å². The molecule has 0 aliphatic carbocycles. The summed E-state index contributed by atoms with van der Waals surface area (Å²) in [5.74, 6) is -4.36. The van der Waals surface area contributed by atoms with Gasteiger partial charge in [-0.2, -0.15) is 13.2 Å². The molecular weight excluding hydrogens is 389 g/mol. The molecule has 0 radical (unpaired) electrons. The Morgan fingerprint density at radius 1 is 1.09 bits per heavy atom. The largest absolute Gasteiger partial charge is 0.449 e. The van der Waals surface area contributed by atoms with Crippen LogP contribution in [0.2, 0.25) is 0 Å². The number of hydrogen-bond donors (Lipinski definition) is 0. The van der Waals surface area contributed by atoms with E-state index in [1.54, 1.807) is 0 Å². The zero-order valence-electron chi connectivity index (χ0n) is 10.9.